The molecule has 0 spiro atoms. The van der Waals surface area contributed by atoms with E-state index in [1.807, 2.05) is 0 Å². The van der Waals surface area contributed by atoms with Crippen LogP contribution in [0.5, 0.6) is 5.75 Å². The quantitative estimate of drug-likeness (QED) is 0.880. The predicted octanol–water partition coefficient (Wildman–Crippen LogP) is 2.74. The maximum Gasteiger partial charge on any atom is 0.422 e. The predicted molar refractivity (Wildman–Crippen MR) is 50.9 cm³/mol. The highest BCUT2D eigenvalue weighted by atomic mass is 35.5. The zero-order valence-corrected chi connectivity index (χ0v) is 8.40. The molecule has 84 valence electrons. The van der Waals surface area contributed by atoms with Gasteiger partial charge in [-0.15, -0.1) is 0 Å². The second kappa shape index (κ2) is 4.72. The Hall–Kier alpha value is -0.940. The van der Waals surface area contributed by atoms with Crippen LogP contribution in [0.25, 0.3) is 0 Å². The molecular weight excluding hydrogens is 231 g/mol. The van der Waals surface area contributed by atoms with Gasteiger partial charge in [-0.2, -0.15) is 13.2 Å². The monoisotopic (exact) mass is 239 g/mol. The van der Waals surface area contributed by atoms with Gasteiger partial charge in [-0.25, -0.2) is 0 Å². The molecule has 2 nitrogen and oxygen atoms in total. The van der Waals surface area contributed by atoms with E-state index >= 15 is 0 Å². The van der Waals surface area contributed by atoms with E-state index in [9.17, 15) is 13.2 Å². The van der Waals surface area contributed by atoms with Crippen LogP contribution in [-0.4, -0.2) is 12.8 Å². The van der Waals surface area contributed by atoms with E-state index in [0.29, 0.717) is 10.6 Å². The number of nitrogens with two attached hydrogens (primary N) is 1. The van der Waals surface area contributed by atoms with Crippen molar-refractivity contribution in [3.8, 4) is 5.75 Å². The van der Waals surface area contributed by atoms with Crippen LogP contribution in [0.4, 0.5) is 13.2 Å². The van der Waals surface area contributed by atoms with E-state index in [1.165, 1.54) is 18.2 Å². The Kier molecular flexibility index (Phi) is 3.82. The molecule has 2 N–H and O–H groups in total. The lowest BCUT2D eigenvalue weighted by Gasteiger charge is -2.10. The van der Waals surface area contributed by atoms with Crippen molar-refractivity contribution in [1.82, 2.24) is 0 Å². The molecule has 0 fully saturated rings. The summed E-state index contributed by atoms with van der Waals surface area (Å²) in [7, 11) is 0. The van der Waals surface area contributed by atoms with E-state index in [0.717, 1.165) is 0 Å². The van der Waals surface area contributed by atoms with Crippen molar-refractivity contribution in [2.75, 3.05) is 6.61 Å². The lowest BCUT2D eigenvalue weighted by Crippen LogP contribution is -2.19. The number of rotatable bonds is 3. The van der Waals surface area contributed by atoms with Crippen molar-refractivity contribution in [1.29, 1.82) is 0 Å². The largest absolute Gasteiger partial charge is 0.484 e. The summed E-state index contributed by atoms with van der Waals surface area (Å²) < 4.78 is 39.9. The first kappa shape index (κ1) is 12.1. The number of halogens is 4. The number of alkyl halides is 3. The smallest absolute Gasteiger partial charge is 0.422 e. The highest BCUT2D eigenvalue weighted by Gasteiger charge is 2.28. The molecule has 0 bridgehead atoms. The van der Waals surface area contributed by atoms with Gasteiger partial charge in [-0.3, -0.25) is 0 Å². The first-order chi connectivity index (χ1) is 6.92. The Balaban J connectivity index is 2.68. The molecule has 15 heavy (non-hydrogen) atoms. The molecule has 0 radical (unpaired) electrons. The minimum atomic E-state index is -4.35. The van der Waals surface area contributed by atoms with Gasteiger partial charge < -0.3 is 10.5 Å². The van der Waals surface area contributed by atoms with Gasteiger partial charge in [0, 0.05) is 11.6 Å². The molecule has 1 aromatic rings. The fourth-order valence-electron chi connectivity index (χ4n) is 0.949. The Morgan fingerprint density at radius 3 is 2.47 bits per heavy atom. The van der Waals surface area contributed by atoms with Crippen LogP contribution in [0.1, 0.15) is 5.56 Å². The normalized spacial score (nSPS) is 11.5. The summed E-state index contributed by atoms with van der Waals surface area (Å²) in [6.07, 6.45) is -4.35. The Morgan fingerprint density at radius 2 is 2.00 bits per heavy atom. The van der Waals surface area contributed by atoms with E-state index in [4.69, 9.17) is 17.3 Å². The van der Waals surface area contributed by atoms with Crippen LogP contribution in [0.15, 0.2) is 18.2 Å². The standard InChI is InChI=1S/C9H9ClF3NO/c10-8-3-7(2-1-6(8)4-14)15-5-9(11,12)13/h1-3H,4-5,14H2. The van der Waals surface area contributed by atoms with Gasteiger partial charge in [0.15, 0.2) is 6.61 Å². The third-order valence-corrected chi connectivity index (χ3v) is 2.00. The first-order valence-electron chi connectivity index (χ1n) is 4.10. The summed E-state index contributed by atoms with van der Waals surface area (Å²) in [5.74, 6) is 0.0783. The summed E-state index contributed by atoms with van der Waals surface area (Å²) in [6.45, 7) is -1.09. The van der Waals surface area contributed by atoms with Crippen molar-refractivity contribution < 1.29 is 17.9 Å². The highest BCUT2D eigenvalue weighted by Crippen LogP contribution is 2.24. The van der Waals surface area contributed by atoms with Gasteiger partial charge in [0.25, 0.3) is 0 Å². The molecular formula is C9H9ClF3NO. The Bertz CT molecular complexity index is 341. The van der Waals surface area contributed by atoms with Gasteiger partial charge in [0.2, 0.25) is 0 Å². The Morgan fingerprint density at radius 1 is 1.33 bits per heavy atom. The van der Waals surface area contributed by atoms with E-state index in [-0.39, 0.29) is 12.3 Å². The fourth-order valence-corrected chi connectivity index (χ4v) is 1.20. The average molecular weight is 240 g/mol. The third-order valence-electron chi connectivity index (χ3n) is 1.65. The van der Waals surface area contributed by atoms with E-state index in [1.54, 1.807) is 0 Å². The van der Waals surface area contributed by atoms with Crippen LogP contribution < -0.4 is 10.5 Å². The molecule has 0 saturated carbocycles. The third kappa shape index (κ3) is 3.97. The zero-order chi connectivity index (χ0) is 11.5. The van der Waals surface area contributed by atoms with Gasteiger partial charge >= 0.3 is 6.18 Å². The number of hydrogen-bond donors (Lipinski definition) is 1. The summed E-state index contributed by atoms with van der Waals surface area (Å²) in [6, 6.07) is 4.25. The molecule has 1 aromatic carbocycles. The minimum Gasteiger partial charge on any atom is -0.484 e. The highest BCUT2D eigenvalue weighted by molar-refractivity contribution is 6.31. The summed E-state index contributed by atoms with van der Waals surface area (Å²) in [5, 5.41) is 0.303. The maximum absolute atomic E-state index is 11.8. The molecule has 0 aliphatic rings. The average Bonchev–Trinajstić information content (AvgIpc) is 2.14. The van der Waals surface area contributed by atoms with Crippen molar-refractivity contribution in [3.63, 3.8) is 0 Å². The molecule has 0 atom stereocenters. The van der Waals surface area contributed by atoms with E-state index in [2.05, 4.69) is 4.74 Å². The van der Waals surface area contributed by atoms with Crippen LogP contribution in [-0.2, 0) is 6.54 Å². The lowest BCUT2D eigenvalue weighted by molar-refractivity contribution is -0.153. The van der Waals surface area contributed by atoms with Crippen molar-refractivity contribution in [2.24, 2.45) is 5.73 Å². The maximum atomic E-state index is 11.8. The summed E-state index contributed by atoms with van der Waals surface area (Å²) in [4.78, 5) is 0. The number of ether oxygens (including phenoxy) is 1. The molecule has 0 heterocycles. The molecule has 1 rings (SSSR count). The molecule has 0 aromatic heterocycles. The first-order valence-corrected chi connectivity index (χ1v) is 4.48. The second-order valence-electron chi connectivity index (χ2n) is 2.86. The summed E-state index contributed by atoms with van der Waals surface area (Å²) in [5.41, 5.74) is 6.00. The van der Waals surface area contributed by atoms with Crippen LogP contribution in [0, 0.1) is 0 Å². The van der Waals surface area contributed by atoms with Crippen molar-refractivity contribution >= 4 is 11.6 Å². The zero-order valence-electron chi connectivity index (χ0n) is 7.64. The van der Waals surface area contributed by atoms with Gasteiger partial charge in [-0.1, -0.05) is 17.7 Å². The van der Waals surface area contributed by atoms with Crippen molar-refractivity contribution in [2.45, 2.75) is 12.7 Å². The second-order valence-corrected chi connectivity index (χ2v) is 3.27. The molecule has 0 amide bonds. The lowest BCUT2D eigenvalue weighted by atomic mass is 10.2. The Labute approximate surface area is 89.8 Å². The summed E-state index contributed by atoms with van der Waals surface area (Å²) >= 11 is 5.74. The van der Waals surface area contributed by atoms with Crippen LogP contribution in [0.2, 0.25) is 5.02 Å². The SMILES string of the molecule is NCc1ccc(OCC(F)(F)F)cc1Cl. The topological polar surface area (TPSA) is 35.2 Å². The van der Waals surface area contributed by atoms with Crippen LogP contribution >= 0.6 is 11.6 Å². The fraction of sp³-hybridized carbons (Fsp3) is 0.333. The minimum absolute atomic E-state index is 0.0783. The van der Waals surface area contributed by atoms with Gasteiger partial charge in [0.1, 0.15) is 5.75 Å². The number of benzene rings is 1. The molecule has 6 heteroatoms. The van der Waals surface area contributed by atoms with Gasteiger partial charge in [-0.05, 0) is 17.7 Å². The van der Waals surface area contributed by atoms with Crippen molar-refractivity contribution in [3.05, 3.63) is 28.8 Å². The molecule has 0 saturated heterocycles. The molecule has 0 unspecified atom stereocenters. The number of hydrogen-bond acceptors (Lipinski definition) is 2. The van der Waals surface area contributed by atoms with E-state index < -0.39 is 12.8 Å². The molecule has 0 aliphatic heterocycles. The molecule has 0 aliphatic carbocycles. The van der Waals surface area contributed by atoms with Gasteiger partial charge in [0.05, 0.1) is 0 Å². The van der Waals surface area contributed by atoms with Crippen LogP contribution in [0.3, 0.4) is 0 Å².